The Morgan fingerprint density at radius 1 is 1.38 bits per heavy atom. The first-order valence-electron chi connectivity index (χ1n) is 3.87. The zero-order valence-corrected chi connectivity index (χ0v) is 9.80. The molecule has 16 heavy (non-hydrogen) atoms. The summed E-state index contributed by atoms with van der Waals surface area (Å²) in [4.78, 5) is 3.34. The Morgan fingerprint density at radius 2 is 1.94 bits per heavy atom. The highest BCUT2D eigenvalue weighted by atomic mass is 79.9. The van der Waals surface area contributed by atoms with Crippen LogP contribution >= 0.6 is 27.5 Å². The third-order valence-corrected chi connectivity index (χ3v) is 2.78. The summed E-state index contributed by atoms with van der Waals surface area (Å²) in [5.74, 6) is -0.475. The van der Waals surface area contributed by atoms with Gasteiger partial charge in [-0.25, -0.2) is 13.8 Å². The first-order valence-corrected chi connectivity index (χ1v) is 5.20. The van der Waals surface area contributed by atoms with E-state index < -0.39 is 29.6 Å². The Bertz CT molecular complexity index is 393. The second-order valence-corrected chi connectivity index (χ2v) is 3.81. The molecule has 0 bridgehead atoms. The van der Waals surface area contributed by atoms with Crippen LogP contribution in [0.25, 0.3) is 0 Å². The number of aromatic nitrogens is 1. The van der Waals surface area contributed by atoms with Crippen LogP contribution in [-0.2, 0) is 12.1 Å². The molecule has 0 N–H and O–H groups in total. The van der Waals surface area contributed by atoms with Gasteiger partial charge in [0.1, 0.15) is 4.60 Å². The van der Waals surface area contributed by atoms with E-state index in [1.165, 1.54) is 0 Å². The van der Waals surface area contributed by atoms with Crippen molar-refractivity contribution in [2.45, 2.75) is 18.5 Å². The van der Waals surface area contributed by atoms with Crippen molar-refractivity contribution in [3.05, 3.63) is 27.5 Å². The third kappa shape index (κ3) is 2.63. The van der Waals surface area contributed by atoms with E-state index in [0.717, 1.165) is 0 Å². The van der Waals surface area contributed by atoms with Gasteiger partial charge in [0, 0.05) is 17.3 Å². The van der Waals surface area contributed by atoms with Gasteiger partial charge in [-0.3, -0.25) is 0 Å². The number of halogens is 7. The molecule has 0 aliphatic heterocycles. The molecule has 90 valence electrons. The fraction of sp³-hybridized carbons (Fsp3) is 0.375. The molecule has 0 saturated heterocycles. The summed E-state index contributed by atoms with van der Waals surface area (Å²) in [6, 6.07) is 0. The highest BCUT2D eigenvalue weighted by molar-refractivity contribution is 9.10. The fourth-order valence-electron chi connectivity index (χ4n) is 1.14. The molecule has 1 aromatic heterocycles. The molecule has 1 aromatic rings. The highest BCUT2D eigenvalue weighted by Crippen LogP contribution is 2.39. The van der Waals surface area contributed by atoms with Crippen LogP contribution in [0.3, 0.4) is 0 Å². The molecule has 0 aliphatic carbocycles. The van der Waals surface area contributed by atoms with Gasteiger partial charge in [0.15, 0.2) is 0 Å². The van der Waals surface area contributed by atoms with E-state index >= 15 is 0 Å². The van der Waals surface area contributed by atoms with Crippen molar-refractivity contribution >= 4 is 27.5 Å². The molecule has 0 aromatic carbocycles. The van der Waals surface area contributed by atoms with Gasteiger partial charge in [-0.15, -0.1) is 11.6 Å². The van der Waals surface area contributed by atoms with E-state index in [9.17, 15) is 22.0 Å². The largest absolute Gasteiger partial charge is 0.418 e. The number of hydrogen-bond donors (Lipinski definition) is 0. The lowest BCUT2D eigenvalue weighted by Crippen LogP contribution is -2.13. The van der Waals surface area contributed by atoms with E-state index in [1.807, 2.05) is 0 Å². The van der Waals surface area contributed by atoms with Crippen LogP contribution < -0.4 is 0 Å². The smallest absolute Gasteiger partial charge is 0.248 e. The molecule has 1 rings (SSSR count). The van der Waals surface area contributed by atoms with Crippen LogP contribution in [0.5, 0.6) is 0 Å². The van der Waals surface area contributed by atoms with Gasteiger partial charge in [-0.2, -0.15) is 13.2 Å². The number of hydrogen-bond acceptors (Lipinski definition) is 1. The van der Waals surface area contributed by atoms with Crippen molar-refractivity contribution in [2.75, 3.05) is 0 Å². The van der Waals surface area contributed by atoms with Gasteiger partial charge in [0.05, 0.1) is 11.4 Å². The number of rotatable bonds is 2. The summed E-state index contributed by atoms with van der Waals surface area (Å²) in [5.41, 5.74) is -2.92. The molecule has 0 aliphatic rings. The molecule has 0 unspecified atom stereocenters. The second-order valence-electron chi connectivity index (χ2n) is 2.79. The highest BCUT2D eigenvalue weighted by Gasteiger charge is 2.38. The standard InChI is InChI=1S/C8H4BrClF5N/c9-6-3(1-10)5(7(11)12)4(2-16-6)8(13,14)15/h2,7H,1H2. The summed E-state index contributed by atoms with van der Waals surface area (Å²) in [6.07, 6.45) is -7.77. The van der Waals surface area contributed by atoms with E-state index in [2.05, 4.69) is 20.9 Å². The molecule has 1 heterocycles. The van der Waals surface area contributed by atoms with E-state index in [-0.39, 0.29) is 10.2 Å². The van der Waals surface area contributed by atoms with Crippen molar-refractivity contribution < 1.29 is 22.0 Å². The van der Waals surface area contributed by atoms with Crippen LogP contribution in [0, 0.1) is 0 Å². The van der Waals surface area contributed by atoms with E-state index in [4.69, 9.17) is 11.6 Å². The number of nitrogens with zero attached hydrogens (tertiary/aromatic N) is 1. The minimum absolute atomic E-state index is 0.106. The average Bonchev–Trinajstić information content (AvgIpc) is 2.14. The van der Waals surface area contributed by atoms with Gasteiger partial charge in [0.25, 0.3) is 6.43 Å². The molecule has 0 amide bonds. The molecule has 8 heteroatoms. The van der Waals surface area contributed by atoms with E-state index in [0.29, 0.717) is 6.20 Å². The molecular formula is C8H4BrClF5N. The van der Waals surface area contributed by atoms with Gasteiger partial charge in [0.2, 0.25) is 0 Å². The molecule has 0 radical (unpaired) electrons. The lowest BCUT2D eigenvalue weighted by Gasteiger charge is -2.15. The lowest BCUT2D eigenvalue weighted by molar-refractivity contribution is -0.139. The van der Waals surface area contributed by atoms with Crippen LogP contribution in [0.15, 0.2) is 10.8 Å². The summed E-state index contributed by atoms with van der Waals surface area (Å²) in [6.45, 7) is 0. The van der Waals surface area contributed by atoms with Crippen molar-refractivity contribution in [2.24, 2.45) is 0 Å². The summed E-state index contributed by atoms with van der Waals surface area (Å²) in [7, 11) is 0. The molecule has 0 fully saturated rings. The van der Waals surface area contributed by atoms with Gasteiger partial charge >= 0.3 is 6.18 Å². The first-order chi connectivity index (χ1) is 7.29. The topological polar surface area (TPSA) is 12.9 Å². The van der Waals surface area contributed by atoms with Crippen molar-refractivity contribution in [3.63, 3.8) is 0 Å². The second kappa shape index (κ2) is 4.83. The zero-order chi connectivity index (χ0) is 12.5. The van der Waals surface area contributed by atoms with Crippen LogP contribution in [0.4, 0.5) is 22.0 Å². The summed E-state index contributed by atoms with van der Waals surface area (Å²) < 4.78 is 62.3. The van der Waals surface area contributed by atoms with Crippen molar-refractivity contribution in [1.82, 2.24) is 4.98 Å². The Balaban J connectivity index is 3.52. The lowest BCUT2D eigenvalue weighted by atomic mass is 10.1. The number of pyridine rings is 1. The Kier molecular flexibility index (Phi) is 4.12. The maximum Gasteiger partial charge on any atom is 0.418 e. The van der Waals surface area contributed by atoms with Crippen molar-refractivity contribution in [3.8, 4) is 0 Å². The van der Waals surface area contributed by atoms with E-state index in [1.54, 1.807) is 0 Å². The predicted molar refractivity (Wildman–Crippen MR) is 51.5 cm³/mol. The normalized spacial score (nSPS) is 12.2. The average molecular weight is 324 g/mol. The summed E-state index contributed by atoms with van der Waals surface area (Å²) in [5, 5.41) is 0. The maximum absolute atomic E-state index is 12.6. The molecule has 1 nitrogen and oxygen atoms in total. The number of alkyl halides is 6. The monoisotopic (exact) mass is 323 g/mol. The Morgan fingerprint density at radius 3 is 2.31 bits per heavy atom. The van der Waals surface area contributed by atoms with Gasteiger partial charge < -0.3 is 0 Å². The van der Waals surface area contributed by atoms with Crippen LogP contribution in [0.2, 0.25) is 0 Å². The van der Waals surface area contributed by atoms with Crippen LogP contribution in [0.1, 0.15) is 23.1 Å². The minimum atomic E-state index is -4.87. The Labute approximate surface area is 101 Å². The Hall–Kier alpha value is -0.430. The predicted octanol–water partition coefficient (Wildman–Crippen LogP) is 4.54. The SMILES string of the molecule is FC(F)c1c(C(F)(F)F)cnc(Br)c1CCl. The van der Waals surface area contributed by atoms with Gasteiger partial charge in [-0.05, 0) is 15.9 Å². The summed E-state index contributed by atoms with van der Waals surface area (Å²) >= 11 is 8.11. The van der Waals surface area contributed by atoms with Crippen molar-refractivity contribution in [1.29, 1.82) is 0 Å². The third-order valence-electron chi connectivity index (χ3n) is 1.83. The van der Waals surface area contributed by atoms with Gasteiger partial charge in [-0.1, -0.05) is 0 Å². The first kappa shape index (κ1) is 13.6. The molecule has 0 spiro atoms. The minimum Gasteiger partial charge on any atom is -0.248 e. The molecular weight excluding hydrogens is 320 g/mol. The molecule has 0 saturated carbocycles. The van der Waals surface area contributed by atoms with Crippen LogP contribution in [-0.4, -0.2) is 4.98 Å². The zero-order valence-electron chi connectivity index (χ0n) is 7.45. The molecule has 0 atom stereocenters. The fourth-order valence-corrected chi connectivity index (χ4v) is 2.03. The maximum atomic E-state index is 12.6. The quantitative estimate of drug-likeness (QED) is 0.442.